The monoisotopic (exact) mass is 515 g/mol. The summed E-state index contributed by atoms with van der Waals surface area (Å²) < 4.78 is 0. The van der Waals surface area contributed by atoms with Gasteiger partial charge in [-0.05, 0) is 50.2 Å². The predicted molar refractivity (Wildman–Crippen MR) is 152 cm³/mol. The van der Waals surface area contributed by atoms with Gasteiger partial charge < -0.3 is 19.7 Å². The van der Waals surface area contributed by atoms with Crippen molar-refractivity contribution in [2.24, 2.45) is 0 Å². The van der Waals surface area contributed by atoms with Crippen molar-refractivity contribution in [2.75, 3.05) is 44.7 Å². The summed E-state index contributed by atoms with van der Waals surface area (Å²) in [5.74, 6) is -0.0484. The van der Waals surface area contributed by atoms with Crippen LogP contribution in [0.3, 0.4) is 0 Å². The Morgan fingerprint density at radius 2 is 1.73 bits per heavy atom. The average Bonchev–Trinajstić information content (AvgIpc) is 3.41. The summed E-state index contributed by atoms with van der Waals surface area (Å²) in [5.41, 5.74) is 5.33. The SMILES string of the molecule is CC(C)N(C)CC(C(=O)N1CCN(c2c(-c3ccccc3)cnc3[nH]ccc23)CC1)c1ccc(Cl)cc1. The summed E-state index contributed by atoms with van der Waals surface area (Å²) in [5, 5.41) is 1.79. The maximum absolute atomic E-state index is 13.9. The van der Waals surface area contributed by atoms with Gasteiger partial charge in [-0.25, -0.2) is 4.98 Å². The van der Waals surface area contributed by atoms with Gasteiger partial charge in [-0.2, -0.15) is 0 Å². The van der Waals surface area contributed by atoms with E-state index in [0.717, 1.165) is 40.8 Å². The maximum Gasteiger partial charge on any atom is 0.231 e. The van der Waals surface area contributed by atoms with Gasteiger partial charge >= 0.3 is 0 Å². The minimum atomic E-state index is -0.228. The minimum Gasteiger partial charge on any atom is -0.367 e. The molecule has 192 valence electrons. The molecule has 0 radical (unpaired) electrons. The predicted octanol–water partition coefficient (Wildman–Crippen LogP) is 5.66. The highest BCUT2D eigenvalue weighted by atomic mass is 35.5. The number of hydrogen-bond acceptors (Lipinski definition) is 4. The van der Waals surface area contributed by atoms with Crippen molar-refractivity contribution in [3.8, 4) is 11.1 Å². The Hall–Kier alpha value is -3.35. The number of aromatic amines is 1. The van der Waals surface area contributed by atoms with Gasteiger partial charge in [-0.1, -0.05) is 54.1 Å². The van der Waals surface area contributed by atoms with Gasteiger partial charge in [0.2, 0.25) is 5.91 Å². The largest absolute Gasteiger partial charge is 0.367 e. The van der Waals surface area contributed by atoms with Crippen LogP contribution in [0.5, 0.6) is 0 Å². The molecule has 1 atom stereocenters. The van der Waals surface area contributed by atoms with E-state index < -0.39 is 0 Å². The summed E-state index contributed by atoms with van der Waals surface area (Å²) >= 11 is 6.15. The normalized spacial score (nSPS) is 15.1. The molecule has 6 nitrogen and oxygen atoms in total. The van der Waals surface area contributed by atoms with E-state index in [0.29, 0.717) is 30.7 Å². The molecule has 1 saturated heterocycles. The van der Waals surface area contributed by atoms with Gasteiger partial charge in [0.05, 0.1) is 11.6 Å². The number of hydrogen-bond donors (Lipinski definition) is 1. The van der Waals surface area contributed by atoms with Crippen LogP contribution < -0.4 is 4.90 Å². The van der Waals surface area contributed by atoms with Crippen molar-refractivity contribution >= 4 is 34.2 Å². The summed E-state index contributed by atoms with van der Waals surface area (Å²) in [7, 11) is 2.08. The zero-order valence-electron chi connectivity index (χ0n) is 21.7. The van der Waals surface area contributed by atoms with E-state index >= 15 is 0 Å². The van der Waals surface area contributed by atoms with Crippen LogP contribution >= 0.6 is 11.6 Å². The number of nitrogens with zero attached hydrogens (tertiary/aromatic N) is 4. The molecule has 37 heavy (non-hydrogen) atoms. The smallest absolute Gasteiger partial charge is 0.231 e. The molecule has 0 bridgehead atoms. The molecule has 1 unspecified atom stereocenters. The molecule has 0 spiro atoms. The maximum atomic E-state index is 13.9. The van der Waals surface area contributed by atoms with E-state index in [1.165, 1.54) is 5.69 Å². The van der Waals surface area contributed by atoms with E-state index in [1.807, 2.05) is 47.6 Å². The molecule has 0 saturated carbocycles. The fraction of sp³-hybridized carbons (Fsp3) is 0.333. The average molecular weight is 516 g/mol. The molecular formula is C30H34ClN5O. The van der Waals surface area contributed by atoms with Gasteiger partial charge in [0.1, 0.15) is 5.65 Å². The molecule has 1 amide bonds. The van der Waals surface area contributed by atoms with Crippen molar-refractivity contribution in [1.29, 1.82) is 0 Å². The van der Waals surface area contributed by atoms with Crippen molar-refractivity contribution in [2.45, 2.75) is 25.8 Å². The topological polar surface area (TPSA) is 55.5 Å². The Bertz CT molecular complexity index is 1340. The van der Waals surface area contributed by atoms with Gasteiger partial charge in [0.15, 0.2) is 0 Å². The van der Waals surface area contributed by atoms with E-state index in [9.17, 15) is 4.79 Å². The van der Waals surface area contributed by atoms with Crippen LogP contribution in [0.15, 0.2) is 73.1 Å². The fourth-order valence-electron chi connectivity index (χ4n) is 5.05. The lowest BCUT2D eigenvalue weighted by molar-refractivity contribution is -0.133. The van der Waals surface area contributed by atoms with Crippen LogP contribution in [-0.2, 0) is 4.79 Å². The molecule has 1 fully saturated rings. The quantitative estimate of drug-likeness (QED) is 0.345. The third kappa shape index (κ3) is 5.36. The number of anilines is 1. The number of pyridine rings is 1. The highest BCUT2D eigenvalue weighted by Gasteiger charge is 2.31. The number of H-pyrrole nitrogens is 1. The van der Waals surface area contributed by atoms with E-state index in [-0.39, 0.29) is 11.8 Å². The second-order valence-corrected chi connectivity index (χ2v) is 10.5. The third-order valence-corrected chi connectivity index (χ3v) is 7.73. The van der Waals surface area contributed by atoms with Crippen LogP contribution in [-0.4, -0.2) is 71.5 Å². The summed E-state index contributed by atoms with van der Waals surface area (Å²) in [6.45, 7) is 7.87. The number of halogens is 1. The van der Waals surface area contributed by atoms with Crippen molar-refractivity contribution < 1.29 is 4.79 Å². The van der Waals surface area contributed by atoms with E-state index in [1.54, 1.807) is 0 Å². The standard InChI is InChI=1S/C30H34ClN5O/c1-21(2)34(3)20-27(23-9-11-24(31)12-10-23)30(37)36-17-15-35(16-18-36)28-25-13-14-32-29(25)33-19-26(28)22-7-5-4-6-8-22/h4-14,19,21,27H,15-18,20H2,1-3H3,(H,32,33). The number of amides is 1. The van der Waals surface area contributed by atoms with Crippen molar-refractivity contribution in [1.82, 2.24) is 19.8 Å². The lowest BCUT2D eigenvalue weighted by atomic mass is 9.96. The number of likely N-dealkylation sites (N-methyl/N-ethyl adjacent to an activating group) is 1. The van der Waals surface area contributed by atoms with Crippen molar-refractivity contribution in [3.05, 3.63) is 83.6 Å². The minimum absolute atomic E-state index is 0.180. The van der Waals surface area contributed by atoms with Gasteiger partial charge in [0, 0.05) is 67.1 Å². The number of piperazine rings is 1. The number of rotatable bonds is 7. The Morgan fingerprint density at radius 1 is 1.03 bits per heavy atom. The second-order valence-electron chi connectivity index (χ2n) is 10.1. The van der Waals surface area contributed by atoms with Crippen LogP contribution in [0.1, 0.15) is 25.3 Å². The summed E-state index contributed by atoms with van der Waals surface area (Å²) in [6, 6.07) is 20.6. The molecule has 4 aromatic rings. The van der Waals surface area contributed by atoms with Crippen LogP contribution in [0.4, 0.5) is 5.69 Å². The Labute approximate surface area is 223 Å². The lowest BCUT2D eigenvalue weighted by Gasteiger charge is -2.39. The van der Waals surface area contributed by atoms with Crippen LogP contribution in [0.2, 0.25) is 5.02 Å². The van der Waals surface area contributed by atoms with Gasteiger partial charge in [0.25, 0.3) is 0 Å². The number of benzene rings is 2. The molecule has 3 heterocycles. The molecule has 1 N–H and O–H groups in total. The zero-order valence-corrected chi connectivity index (χ0v) is 22.4. The lowest BCUT2D eigenvalue weighted by Crippen LogP contribution is -2.51. The second kappa shape index (κ2) is 11.0. The van der Waals surface area contributed by atoms with Crippen molar-refractivity contribution in [3.63, 3.8) is 0 Å². The third-order valence-electron chi connectivity index (χ3n) is 7.47. The van der Waals surface area contributed by atoms with Crippen LogP contribution in [0, 0.1) is 0 Å². The molecule has 1 aliphatic heterocycles. The number of carbonyl (C=O) groups is 1. The van der Waals surface area contributed by atoms with E-state index in [4.69, 9.17) is 11.6 Å². The number of nitrogens with one attached hydrogen (secondary N) is 1. The molecule has 7 heteroatoms. The Balaban J connectivity index is 1.39. The highest BCUT2D eigenvalue weighted by molar-refractivity contribution is 6.30. The molecular weight excluding hydrogens is 482 g/mol. The van der Waals surface area contributed by atoms with Gasteiger partial charge in [-0.3, -0.25) is 4.79 Å². The first-order chi connectivity index (χ1) is 17.9. The highest BCUT2D eigenvalue weighted by Crippen LogP contribution is 2.37. The summed E-state index contributed by atoms with van der Waals surface area (Å²) in [4.78, 5) is 28.5. The van der Waals surface area contributed by atoms with E-state index in [2.05, 4.69) is 71.0 Å². The number of carbonyl (C=O) groups excluding carboxylic acids is 1. The molecule has 2 aromatic heterocycles. The summed E-state index contributed by atoms with van der Waals surface area (Å²) in [6.07, 6.45) is 3.90. The number of aromatic nitrogens is 2. The number of fused-ring (bicyclic) bond motifs is 1. The zero-order chi connectivity index (χ0) is 25.9. The molecule has 0 aliphatic carbocycles. The van der Waals surface area contributed by atoms with Crippen LogP contribution in [0.25, 0.3) is 22.2 Å². The Kier molecular flexibility index (Phi) is 7.49. The Morgan fingerprint density at radius 3 is 2.41 bits per heavy atom. The molecule has 2 aromatic carbocycles. The molecule has 1 aliphatic rings. The fourth-order valence-corrected chi connectivity index (χ4v) is 5.18. The first kappa shape index (κ1) is 25.3. The molecule has 5 rings (SSSR count). The van der Waals surface area contributed by atoms with Gasteiger partial charge in [-0.15, -0.1) is 0 Å². The first-order valence-corrected chi connectivity index (χ1v) is 13.3. The first-order valence-electron chi connectivity index (χ1n) is 12.9.